The van der Waals surface area contributed by atoms with Gasteiger partial charge in [-0.1, -0.05) is 19.1 Å². The summed E-state index contributed by atoms with van der Waals surface area (Å²) in [6.07, 6.45) is 6.00. The second-order valence-electron chi connectivity index (χ2n) is 11.7. The predicted molar refractivity (Wildman–Crippen MR) is 125 cm³/mol. The van der Waals surface area contributed by atoms with Gasteiger partial charge in [0.05, 0.1) is 18.1 Å². The number of hydrogen-bond acceptors (Lipinski definition) is 5. The first-order chi connectivity index (χ1) is 15.4. The summed E-state index contributed by atoms with van der Waals surface area (Å²) in [5.74, 6) is 1.07. The van der Waals surface area contributed by atoms with Crippen LogP contribution in [0.2, 0.25) is 0 Å². The summed E-state index contributed by atoms with van der Waals surface area (Å²) in [6.45, 7) is 12.7. The smallest absolute Gasteiger partial charge is 0.310 e. The molecule has 3 aliphatic heterocycles. The molecule has 6 unspecified atom stereocenters. The number of anilines is 1. The van der Waals surface area contributed by atoms with Crippen LogP contribution in [0.25, 0.3) is 0 Å². The zero-order valence-corrected chi connectivity index (χ0v) is 19.9. The van der Waals surface area contributed by atoms with E-state index in [0.29, 0.717) is 11.8 Å². The maximum atomic E-state index is 13.0. The molecule has 0 radical (unpaired) electrons. The van der Waals surface area contributed by atoms with Crippen molar-refractivity contribution in [3.05, 3.63) is 29.3 Å². The van der Waals surface area contributed by atoms with Crippen molar-refractivity contribution in [1.82, 2.24) is 4.90 Å². The van der Waals surface area contributed by atoms with Gasteiger partial charge in [-0.25, -0.2) is 0 Å². The molecule has 174 valence electrons. The lowest BCUT2D eigenvalue weighted by Gasteiger charge is -2.51. The van der Waals surface area contributed by atoms with E-state index in [1.807, 2.05) is 0 Å². The molecule has 0 bridgehead atoms. The van der Waals surface area contributed by atoms with Gasteiger partial charge < -0.3 is 14.4 Å². The lowest BCUT2D eigenvalue weighted by molar-refractivity contribution is -0.147. The first kappa shape index (κ1) is 21.0. The van der Waals surface area contributed by atoms with Crippen LogP contribution >= 0.6 is 0 Å². The lowest BCUT2D eigenvalue weighted by Crippen LogP contribution is -2.52. The predicted octanol–water partition coefficient (Wildman–Crippen LogP) is 3.95. The van der Waals surface area contributed by atoms with Gasteiger partial charge in [-0.05, 0) is 74.5 Å². The highest BCUT2D eigenvalue weighted by Crippen LogP contribution is 2.62. The first-order valence-corrected chi connectivity index (χ1v) is 12.8. The second kappa shape index (κ2) is 7.46. The van der Waals surface area contributed by atoms with Crippen molar-refractivity contribution in [2.75, 3.05) is 44.2 Å². The molecule has 0 amide bonds. The monoisotopic (exact) mass is 438 g/mol. The Hall–Kier alpha value is -1.59. The molecule has 2 aliphatic carbocycles. The summed E-state index contributed by atoms with van der Waals surface area (Å²) >= 11 is 0. The highest BCUT2D eigenvalue weighted by molar-refractivity contribution is 5.75. The average molecular weight is 439 g/mol. The molecule has 2 saturated carbocycles. The molecule has 1 spiro atoms. The van der Waals surface area contributed by atoms with E-state index in [1.54, 1.807) is 0 Å². The van der Waals surface area contributed by atoms with Gasteiger partial charge in [-0.3, -0.25) is 9.69 Å². The van der Waals surface area contributed by atoms with Gasteiger partial charge in [-0.15, -0.1) is 0 Å². The first-order valence-electron chi connectivity index (χ1n) is 12.8. The number of benzene rings is 1. The Morgan fingerprint density at radius 1 is 1.12 bits per heavy atom. The van der Waals surface area contributed by atoms with E-state index >= 15 is 0 Å². The van der Waals surface area contributed by atoms with Crippen molar-refractivity contribution in [2.24, 2.45) is 23.2 Å². The largest absolute Gasteiger partial charge is 0.462 e. The van der Waals surface area contributed by atoms with Crippen molar-refractivity contribution >= 4 is 11.7 Å². The van der Waals surface area contributed by atoms with Crippen LogP contribution < -0.4 is 4.90 Å². The summed E-state index contributed by atoms with van der Waals surface area (Å²) in [7, 11) is 0. The quantitative estimate of drug-likeness (QED) is 0.528. The number of hydrogen-bond donors (Lipinski definition) is 0. The second-order valence-corrected chi connectivity index (χ2v) is 11.7. The van der Waals surface area contributed by atoms with Crippen LogP contribution in [0.4, 0.5) is 5.69 Å². The van der Waals surface area contributed by atoms with Crippen molar-refractivity contribution in [3.8, 4) is 0 Å². The third-order valence-electron chi connectivity index (χ3n) is 9.61. The zero-order chi connectivity index (χ0) is 22.1. The van der Waals surface area contributed by atoms with Gasteiger partial charge in [0.2, 0.25) is 0 Å². The molecule has 6 atom stereocenters. The molecule has 0 N–H and O–H groups in total. The Labute approximate surface area is 192 Å². The average Bonchev–Trinajstić information content (AvgIpc) is 3.47. The molecule has 6 rings (SSSR count). The normalized spacial score (nSPS) is 41.3. The zero-order valence-electron chi connectivity index (χ0n) is 19.9. The number of piperazine rings is 1. The number of esters is 1. The topological polar surface area (TPSA) is 45.3 Å². The van der Waals surface area contributed by atoms with Gasteiger partial charge in [0.25, 0.3) is 0 Å². The fourth-order valence-electron chi connectivity index (χ4n) is 7.68. The number of aryl methyl sites for hydroxylation is 2. The number of fused-ring (bicyclic) bond motifs is 3. The van der Waals surface area contributed by atoms with E-state index in [4.69, 9.17) is 9.47 Å². The lowest BCUT2D eigenvalue weighted by atomic mass is 9.53. The number of epoxide rings is 1. The van der Waals surface area contributed by atoms with E-state index in [0.717, 1.165) is 52.2 Å². The Bertz CT molecular complexity index is 904. The standard InChI is InChI=1S/C27H38N2O3/c1-18-5-6-19(2)22(13-18)29-11-9-28(10-12-29)16-21-20-14-24-26(3,15-23(20)32-25(21)30)7-4-8-27(24)17-31-27/h5-6,13,20-21,23-24H,4,7-12,14-17H2,1-3H3. The van der Waals surface area contributed by atoms with E-state index in [1.165, 1.54) is 36.1 Å². The Morgan fingerprint density at radius 2 is 1.91 bits per heavy atom. The van der Waals surface area contributed by atoms with Crippen LogP contribution in [0.5, 0.6) is 0 Å². The Balaban J connectivity index is 1.12. The van der Waals surface area contributed by atoms with Gasteiger partial charge >= 0.3 is 5.97 Å². The summed E-state index contributed by atoms with van der Waals surface area (Å²) in [4.78, 5) is 18.0. The van der Waals surface area contributed by atoms with Crippen molar-refractivity contribution in [1.29, 1.82) is 0 Å². The van der Waals surface area contributed by atoms with Crippen LogP contribution in [-0.2, 0) is 14.3 Å². The number of ether oxygens (including phenoxy) is 2. The summed E-state index contributed by atoms with van der Waals surface area (Å²) in [5.41, 5.74) is 4.44. The van der Waals surface area contributed by atoms with Crippen molar-refractivity contribution in [2.45, 2.75) is 64.6 Å². The van der Waals surface area contributed by atoms with Gasteiger partial charge in [0.15, 0.2) is 0 Å². The molecule has 5 heteroatoms. The van der Waals surface area contributed by atoms with Gasteiger partial charge in [0, 0.05) is 44.3 Å². The number of rotatable bonds is 3. The van der Waals surface area contributed by atoms with Crippen LogP contribution in [0.3, 0.4) is 0 Å². The van der Waals surface area contributed by atoms with E-state index in [-0.39, 0.29) is 29.0 Å². The number of carbonyl (C=O) groups excluding carboxylic acids is 1. The number of carbonyl (C=O) groups is 1. The SMILES string of the molecule is Cc1ccc(C)c(N2CCN(CC3C(=O)OC4CC5(C)CCCC6(CO6)C5CC43)CC2)c1. The van der Waals surface area contributed by atoms with Crippen LogP contribution in [-0.4, -0.2) is 61.9 Å². The molecule has 3 heterocycles. The molecule has 5 fully saturated rings. The van der Waals surface area contributed by atoms with Crippen LogP contribution in [0, 0.1) is 37.0 Å². The van der Waals surface area contributed by atoms with Crippen LogP contribution in [0.1, 0.15) is 50.2 Å². The van der Waals surface area contributed by atoms with Crippen molar-refractivity contribution < 1.29 is 14.3 Å². The van der Waals surface area contributed by atoms with Crippen LogP contribution in [0.15, 0.2) is 18.2 Å². The maximum absolute atomic E-state index is 13.0. The fraction of sp³-hybridized carbons (Fsp3) is 0.741. The summed E-state index contributed by atoms with van der Waals surface area (Å²) < 4.78 is 12.1. The molecular formula is C27H38N2O3. The molecule has 5 aliphatic rings. The fourth-order valence-corrected chi connectivity index (χ4v) is 7.68. The van der Waals surface area contributed by atoms with E-state index in [2.05, 4.69) is 48.8 Å². The van der Waals surface area contributed by atoms with Gasteiger partial charge in [0.1, 0.15) is 6.10 Å². The maximum Gasteiger partial charge on any atom is 0.310 e. The number of nitrogens with zero attached hydrogens (tertiary/aromatic N) is 2. The molecule has 5 nitrogen and oxygen atoms in total. The molecule has 32 heavy (non-hydrogen) atoms. The summed E-state index contributed by atoms with van der Waals surface area (Å²) in [6, 6.07) is 6.72. The Morgan fingerprint density at radius 3 is 2.66 bits per heavy atom. The molecule has 1 aromatic rings. The minimum Gasteiger partial charge on any atom is -0.462 e. The minimum absolute atomic E-state index is 0.0366. The third kappa shape index (κ3) is 3.38. The highest BCUT2D eigenvalue weighted by Gasteiger charge is 2.65. The van der Waals surface area contributed by atoms with Gasteiger partial charge in [-0.2, -0.15) is 0 Å². The molecular weight excluding hydrogens is 400 g/mol. The van der Waals surface area contributed by atoms with E-state index < -0.39 is 0 Å². The minimum atomic E-state index is 0.0366. The van der Waals surface area contributed by atoms with Crippen molar-refractivity contribution in [3.63, 3.8) is 0 Å². The molecule has 3 saturated heterocycles. The molecule has 0 aromatic heterocycles. The summed E-state index contributed by atoms with van der Waals surface area (Å²) in [5, 5.41) is 0. The highest BCUT2D eigenvalue weighted by atomic mass is 16.6. The third-order valence-corrected chi connectivity index (χ3v) is 9.61. The van der Waals surface area contributed by atoms with E-state index in [9.17, 15) is 4.79 Å². The Kier molecular flexibility index (Phi) is 4.89. The molecule has 1 aromatic carbocycles.